The molecule has 0 aliphatic heterocycles. The number of carbonyl (C=O) groups excluding carboxylic acids is 1. The first-order valence-corrected chi connectivity index (χ1v) is 5.01. The van der Waals surface area contributed by atoms with Crippen LogP contribution in [0.3, 0.4) is 0 Å². The molecule has 0 spiro atoms. The van der Waals surface area contributed by atoms with Gasteiger partial charge in [-0.25, -0.2) is 4.89 Å². The number of ether oxygens (including phenoxy) is 1. The van der Waals surface area contributed by atoms with E-state index in [-0.39, 0.29) is 12.6 Å². The van der Waals surface area contributed by atoms with Crippen LogP contribution in [-0.4, -0.2) is 11.2 Å². The Hall–Kier alpha value is -1.39. The first-order valence-electron chi connectivity index (χ1n) is 5.01. The van der Waals surface area contributed by atoms with E-state index in [9.17, 15) is 4.79 Å². The van der Waals surface area contributed by atoms with E-state index in [0.717, 1.165) is 5.56 Å². The number of esters is 1. The van der Waals surface area contributed by atoms with E-state index in [1.807, 2.05) is 0 Å². The van der Waals surface area contributed by atoms with Crippen molar-refractivity contribution in [1.82, 2.24) is 0 Å². The van der Waals surface area contributed by atoms with Crippen molar-refractivity contribution in [3.63, 3.8) is 0 Å². The molecule has 0 unspecified atom stereocenters. The molecule has 0 saturated carbocycles. The summed E-state index contributed by atoms with van der Waals surface area (Å²) in [7, 11) is 0. The van der Waals surface area contributed by atoms with E-state index in [1.54, 1.807) is 45.0 Å². The van der Waals surface area contributed by atoms with E-state index in [2.05, 4.69) is 4.89 Å². The molecule has 1 rings (SSSR count). The van der Waals surface area contributed by atoms with E-state index in [0.29, 0.717) is 5.75 Å². The van der Waals surface area contributed by atoms with Gasteiger partial charge in [0, 0.05) is 0 Å². The van der Waals surface area contributed by atoms with Crippen molar-refractivity contribution in [1.29, 1.82) is 0 Å². The van der Waals surface area contributed by atoms with Gasteiger partial charge < -0.3 is 4.74 Å². The molecule has 1 aromatic rings. The fourth-order valence-corrected chi connectivity index (χ4v) is 0.988. The molecule has 0 aliphatic carbocycles. The molecule has 0 heterocycles. The van der Waals surface area contributed by atoms with Gasteiger partial charge in [0.15, 0.2) is 0 Å². The maximum absolute atomic E-state index is 11.6. The van der Waals surface area contributed by atoms with Gasteiger partial charge in [-0.1, -0.05) is 12.1 Å². The fraction of sp³-hybridized carbons (Fsp3) is 0.417. The second-order valence-electron chi connectivity index (χ2n) is 4.56. The number of benzene rings is 1. The smallest absolute Gasteiger partial charge is 0.316 e. The number of hydrogen-bond donors (Lipinski definition) is 1. The number of rotatable bonds is 3. The summed E-state index contributed by atoms with van der Waals surface area (Å²) in [6.07, 6.45) is 0. The summed E-state index contributed by atoms with van der Waals surface area (Å²) in [6, 6.07) is 6.78. The Balaban J connectivity index is 2.65. The third-order valence-corrected chi connectivity index (χ3v) is 1.98. The molecule has 4 nitrogen and oxygen atoms in total. The van der Waals surface area contributed by atoms with Gasteiger partial charge in [-0.05, 0) is 38.5 Å². The third kappa shape index (κ3) is 3.64. The Morgan fingerprint density at radius 1 is 1.25 bits per heavy atom. The Bertz CT molecular complexity index is 348. The molecular weight excluding hydrogens is 208 g/mol. The SMILES string of the molecule is CC(C)(C)C(=O)Oc1ccc(COO)cc1. The highest BCUT2D eigenvalue weighted by Gasteiger charge is 2.23. The molecule has 0 radical (unpaired) electrons. The first kappa shape index (κ1) is 12.7. The second-order valence-corrected chi connectivity index (χ2v) is 4.56. The Kier molecular flexibility index (Phi) is 4.04. The van der Waals surface area contributed by atoms with Gasteiger partial charge >= 0.3 is 5.97 Å². The van der Waals surface area contributed by atoms with Crippen LogP contribution in [0, 0.1) is 5.41 Å². The third-order valence-electron chi connectivity index (χ3n) is 1.98. The predicted octanol–water partition coefficient (Wildman–Crippen LogP) is 2.63. The highest BCUT2D eigenvalue weighted by Crippen LogP contribution is 2.19. The van der Waals surface area contributed by atoms with Crippen molar-refractivity contribution in [2.45, 2.75) is 27.4 Å². The molecule has 0 fully saturated rings. The fourth-order valence-electron chi connectivity index (χ4n) is 0.988. The summed E-state index contributed by atoms with van der Waals surface area (Å²) in [6.45, 7) is 5.50. The summed E-state index contributed by atoms with van der Waals surface area (Å²) < 4.78 is 5.17. The minimum atomic E-state index is -0.521. The van der Waals surface area contributed by atoms with Gasteiger partial charge in [0.1, 0.15) is 12.4 Å². The van der Waals surface area contributed by atoms with Crippen LogP contribution in [0.4, 0.5) is 0 Å². The average molecular weight is 224 g/mol. The highest BCUT2D eigenvalue weighted by molar-refractivity contribution is 5.77. The largest absolute Gasteiger partial charge is 0.426 e. The zero-order chi connectivity index (χ0) is 12.2. The summed E-state index contributed by atoms with van der Waals surface area (Å²) in [5, 5.41) is 8.26. The molecule has 0 aromatic heterocycles. The minimum Gasteiger partial charge on any atom is -0.426 e. The van der Waals surface area contributed by atoms with Crippen molar-refractivity contribution >= 4 is 5.97 Å². The minimum absolute atomic E-state index is 0.119. The highest BCUT2D eigenvalue weighted by atomic mass is 17.1. The lowest BCUT2D eigenvalue weighted by Crippen LogP contribution is -2.25. The maximum atomic E-state index is 11.6. The predicted molar refractivity (Wildman–Crippen MR) is 58.9 cm³/mol. The van der Waals surface area contributed by atoms with Crippen molar-refractivity contribution < 1.29 is 19.7 Å². The maximum Gasteiger partial charge on any atom is 0.316 e. The van der Waals surface area contributed by atoms with Gasteiger partial charge in [-0.3, -0.25) is 10.1 Å². The molecule has 4 heteroatoms. The second kappa shape index (κ2) is 5.09. The molecule has 0 amide bonds. The zero-order valence-electron chi connectivity index (χ0n) is 9.69. The van der Waals surface area contributed by atoms with Crippen molar-refractivity contribution in [2.75, 3.05) is 0 Å². The molecule has 0 atom stereocenters. The van der Waals surface area contributed by atoms with Crippen LogP contribution in [0.25, 0.3) is 0 Å². The van der Waals surface area contributed by atoms with Gasteiger partial charge in [-0.2, -0.15) is 0 Å². The molecule has 0 saturated heterocycles. The standard InChI is InChI=1S/C12H16O4/c1-12(2,3)11(13)16-10-6-4-9(5-7-10)8-15-14/h4-7,14H,8H2,1-3H3. The lowest BCUT2D eigenvalue weighted by atomic mass is 9.97. The first-order chi connectivity index (χ1) is 7.43. The lowest BCUT2D eigenvalue weighted by Gasteiger charge is -2.16. The van der Waals surface area contributed by atoms with E-state index < -0.39 is 5.41 Å². The van der Waals surface area contributed by atoms with Crippen LogP contribution < -0.4 is 4.74 Å². The van der Waals surface area contributed by atoms with Crippen molar-refractivity contribution in [3.05, 3.63) is 29.8 Å². The zero-order valence-corrected chi connectivity index (χ0v) is 9.69. The van der Waals surface area contributed by atoms with Crippen LogP contribution in [0.1, 0.15) is 26.3 Å². The molecule has 0 aliphatic rings. The monoisotopic (exact) mass is 224 g/mol. The molecular formula is C12H16O4. The van der Waals surface area contributed by atoms with Crippen molar-refractivity contribution in [3.8, 4) is 5.75 Å². The Morgan fingerprint density at radius 2 is 1.81 bits per heavy atom. The van der Waals surface area contributed by atoms with E-state index in [1.165, 1.54) is 0 Å². The van der Waals surface area contributed by atoms with Crippen LogP contribution in [0.15, 0.2) is 24.3 Å². The van der Waals surface area contributed by atoms with Gasteiger partial charge in [0.05, 0.1) is 5.41 Å². The van der Waals surface area contributed by atoms with E-state index >= 15 is 0 Å². The van der Waals surface area contributed by atoms with Crippen LogP contribution in [0.5, 0.6) is 5.75 Å². The summed E-state index contributed by atoms with van der Waals surface area (Å²) >= 11 is 0. The summed E-state index contributed by atoms with van der Waals surface area (Å²) in [5.41, 5.74) is 0.283. The van der Waals surface area contributed by atoms with Crippen LogP contribution in [0.2, 0.25) is 0 Å². The Morgan fingerprint density at radius 3 is 2.25 bits per heavy atom. The summed E-state index contributed by atoms with van der Waals surface area (Å²) in [4.78, 5) is 15.6. The molecule has 1 aromatic carbocycles. The molecule has 1 N–H and O–H groups in total. The average Bonchev–Trinajstić information content (AvgIpc) is 2.20. The van der Waals surface area contributed by atoms with Crippen LogP contribution in [-0.2, 0) is 16.3 Å². The molecule has 0 bridgehead atoms. The van der Waals surface area contributed by atoms with Gasteiger partial charge in [0.2, 0.25) is 0 Å². The quantitative estimate of drug-likeness (QED) is 0.371. The van der Waals surface area contributed by atoms with Crippen molar-refractivity contribution in [2.24, 2.45) is 5.41 Å². The van der Waals surface area contributed by atoms with Gasteiger partial charge in [-0.15, -0.1) is 0 Å². The number of carbonyl (C=O) groups is 1. The topological polar surface area (TPSA) is 55.8 Å². The summed E-state index contributed by atoms with van der Waals surface area (Å²) in [5.74, 6) is 0.209. The van der Waals surface area contributed by atoms with Gasteiger partial charge in [0.25, 0.3) is 0 Å². The lowest BCUT2D eigenvalue weighted by molar-refractivity contribution is -0.253. The molecule has 16 heavy (non-hydrogen) atoms. The number of hydrogen-bond acceptors (Lipinski definition) is 4. The van der Waals surface area contributed by atoms with E-state index in [4.69, 9.17) is 9.99 Å². The molecule has 88 valence electrons. The van der Waals surface area contributed by atoms with Crippen LogP contribution >= 0.6 is 0 Å². The Labute approximate surface area is 94.7 Å². The normalized spacial score (nSPS) is 11.2.